The monoisotopic (exact) mass is 247 g/mol. The molecule has 0 bridgehead atoms. The molecule has 0 radical (unpaired) electrons. The quantitative estimate of drug-likeness (QED) is 0.906. The van der Waals surface area contributed by atoms with Gasteiger partial charge in [0.1, 0.15) is 0 Å². The summed E-state index contributed by atoms with van der Waals surface area (Å²) in [6.07, 6.45) is 0. The second-order valence-electron chi connectivity index (χ2n) is 3.95. The van der Waals surface area contributed by atoms with Crippen LogP contribution < -0.4 is 5.32 Å². The molecule has 1 heterocycles. The van der Waals surface area contributed by atoms with Crippen molar-refractivity contribution in [2.75, 3.05) is 0 Å². The Morgan fingerprint density at radius 3 is 2.71 bits per heavy atom. The van der Waals surface area contributed by atoms with Crippen LogP contribution in [0.5, 0.6) is 0 Å². The van der Waals surface area contributed by atoms with Gasteiger partial charge in [0.25, 0.3) is 5.91 Å². The Labute approximate surface area is 103 Å². The zero-order valence-electron chi connectivity index (χ0n) is 9.69. The molecule has 1 N–H and O–H groups in total. The Bertz CT molecular complexity index is 574. The van der Waals surface area contributed by atoms with Crippen molar-refractivity contribution in [2.24, 2.45) is 0 Å². The molecule has 0 aliphatic heterocycles. The molecule has 1 unspecified atom stereocenters. The van der Waals surface area contributed by atoms with Gasteiger partial charge in [0.2, 0.25) is 0 Å². The minimum absolute atomic E-state index is 0.0436. The van der Waals surface area contributed by atoms with Crippen LogP contribution in [0, 0.1) is 0 Å². The van der Waals surface area contributed by atoms with Crippen molar-refractivity contribution >= 4 is 33.1 Å². The van der Waals surface area contributed by atoms with Crippen LogP contribution in [-0.4, -0.2) is 17.7 Å². The first kappa shape index (κ1) is 11.8. The number of rotatable bonds is 3. The lowest BCUT2D eigenvalue weighted by Gasteiger charge is -2.09. The van der Waals surface area contributed by atoms with E-state index in [1.54, 1.807) is 6.92 Å². The van der Waals surface area contributed by atoms with E-state index in [2.05, 4.69) is 5.32 Å². The molecule has 4 heteroatoms. The van der Waals surface area contributed by atoms with Gasteiger partial charge in [-0.1, -0.05) is 18.2 Å². The maximum Gasteiger partial charge on any atom is 0.253 e. The molecule has 0 saturated carbocycles. The first-order valence-electron chi connectivity index (χ1n) is 5.37. The average Bonchev–Trinajstić information content (AvgIpc) is 2.72. The molecule has 1 aromatic heterocycles. The third-order valence-electron chi connectivity index (χ3n) is 2.68. The van der Waals surface area contributed by atoms with E-state index in [0.29, 0.717) is 5.56 Å². The van der Waals surface area contributed by atoms with Gasteiger partial charge in [-0.05, 0) is 19.9 Å². The van der Waals surface area contributed by atoms with E-state index in [9.17, 15) is 9.59 Å². The first-order valence-corrected chi connectivity index (χ1v) is 6.25. The maximum absolute atomic E-state index is 12.0. The molecule has 0 fully saturated rings. The van der Waals surface area contributed by atoms with Crippen LogP contribution in [0.15, 0.2) is 29.6 Å². The van der Waals surface area contributed by atoms with Crippen LogP contribution in [0.4, 0.5) is 0 Å². The van der Waals surface area contributed by atoms with E-state index in [0.717, 1.165) is 10.1 Å². The lowest BCUT2D eigenvalue weighted by atomic mass is 10.1. The van der Waals surface area contributed by atoms with E-state index < -0.39 is 6.04 Å². The van der Waals surface area contributed by atoms with Crippen molar-refractivity contribution in [3.05, 3.63) is 35.2 Å². The highest BCUT2D eigenvalue weighted by Crippen LogP contribution is 2.25. The van der Waals surface area contributed by atoms with Crippen LogP contribution in [0.25, 0.3) is 10.1 Å². The molecule has 0 aliphatic rings. The lowest BCUT2D eigenvalue weighted by Crippen LogP contribution is -2.37. The standard InChI is InChI=1S/C13H13NO2S/c1-8(9(2)15)14-13(16)11-7-17-12-6-4-3-5-10(11)12/h3-8H,1-2H3,(H,14,16). The number of hydrogen-bond acceptors (Lipinski definition) is 3. The third kappa shape index (κ3) is 2.36. The number of thiophene rings is 1. The summed E-state index contributed by atoms with van der Waals surface area (Å²) >= 11 is 1.53. The second kappa shape index (κ2) is 4.67. The van der Waals surface area contributed by atoms with Crippen LogP contribution >= 0.6 is 11.3 Å². The van der Waals surface area contributed by atoms with Crippen LogP contribution in [0.1, 0.15) is 24.2 Å². The fourth-order valence-electron chi connectivity index (χ4n) is 1.53. The summed E-state index contributed by atoms with van der Waals surface area (Å²) in [7, 11) is 0. The first-order chi connectivity index (χ1) is 8.09. The van der Waals surface area contributed by atoms with Crippen molar-refractivity contribution in [3.63, 3.8) is 0 Å². The minimum atomic E-state index is -0.443. The Morgan fingerprint density at radius 2 is 2.00 bits per heavy atom. The van der Waals surface area contributed by atoms with Gasteiger partial charge in [0.15, 0.2) is 5.78 Å². The number of ketones is 1. The summed E-state index contributed by atoms with van der Waals surface area (Å²) in [6, 6.07) is 7.30. The Hall–Kier alpha value is -1.68. The van der Waals surface area contributed by atoms with E-state index in [4.69, 9.17) is 0 Å². The molecule has 0 saturated heterocycles. The van der Waals surface area contributed by atoms with Crippen LogP contribution in [-0.2, 0) is 4.79 Å². The van der Waals surface area contributed by atoms with Crippen molar-refractivity contribution in [3.8, 4) is 0 Å². The number of nitrogens with one attached hydrogen (secondary N) is 1. The molecule has 88 valence electrons. The highest BCUT2D eigenvalue weighted by atomic mass is 32.1. The molecule has 1 aromatic carbocycles. The zero-order chi connectivity index (χ0) is 12.4. The van der Waals surface area contributed by atoms with Crippen molar-refractivity contribution < 1.29 is 9.59 Å². The summed E-state index contributed by atoms with van der Waals surface area (Å²) < 4.78 is 1.08. The van der Waals surface area contributed by atoms with Gasteiger partial charge >= 0.3 is 0 Å². The molecule has 2 aromatic rings. The van der Waals surface area contributed by atoms with E-state index >= 15 is 0 Å². The molecule has 0 aliphatic carbocycles. The summed E-state index contributed by atoms with van der Waals surface area (Å²) in [5, 5.41) is 5.45. The van der Waals surface area contributed by atoms with Gasteiger partial charge < -0.3 is 5.32 Å². The predicted octanol–water partition coefficient (Wildman–Crippen LogP) is 2.61. The number of Topliss-reactive ketones (excluding diaryl/α,β-unsaturated/α-hetero) is 1. The lowest BCUT2D eigenvalue weighted by molar-refractivity contribution is -0.118. The van der Waals surface area contributed by atoms with Crippen molar-refractivity contribution in [1.29, 1.82) is 0 Å². The van der Waals surface area contributed by atoms with Gasteiger partial charge in [-0.2, -0.15) is 0 Å². The minimum Gasteiger partial charge on any atom is -0.342 e. The number of fused-ring (bicyclic) bond motifs is 1. The summed E-state index contributed by atoms with van der Waals surface area (Å²) in [4.78, 5) is 23.1. The summed E-state index contributed by atoms with van der Waals surface area (Å²) in [6.45, 7) is 3.16. The van der Waals surface area contributed by atoms with Crippen LogP contribution in [0.3, 0.4) is 0 Å². The van der Waals surface area contributed by atoms with Gasteiger partial charge in [-0.15, -0.1) is 11.3 Å². The number of hydrogen-bond donors (Lipinski definition) is 1. The third-order valence-corrected chi connectivity index (χ3v) is 3.65. The fourth-order valence-corrected chi connectivity index (χ4v) is 2.47. The SMILES string of the molecule is CC(=O)C(C)NC(=O)c1csc2ccccc12. The maximum atomic E-state index is 12.0. The van der Waals surface area contributed by atoms with E-state index in [-0.39, 0.29) is 11.7 Å². The number of amides is 1. The second-order valence-corrected chi connectivity index (χ2v) is 4.86. The van der Waals surface area contributed by atoms with Crippen molar-refractivity contribution in [1.82, 2.24) is 5.32 Å². The van der Waals surface area contributed by atoms with Gasteiger partial charge in [-0.3, -0.25) is 9.59 Å². The predicted molar refractivity (Wildman–Crippen MR) is 69.4 cm³/mol. The summed E-state index contributed by atoms with van der Waals surface area (Å²) in [5.74, 6) is -0.233. The highest BCUT2D eigenvalue weighted by Gasteiger charge is 2.15. The smallest absolute Gasteiger partial charge is 0.253 e. The highest BCUT2D eigenvalue weighted by molar-refractivity contribution is 7.17. The summed E-state index contributed by atoms with van der Waals surface area (Å²) in [5.41, 5.74) is 0.638. The molecule has 17 heavy (non-hydrogen) atoms. The molecule has 3 nitrogen and oxygen atoms in total. The van der Waals surface area contributed by atoms with Gasteiger partial charge in [-0.25, -0.2) is 0 Å². The Kier molecular flexibility index (Phi) is 3.24. The molecule has 2 rings (SSSR count). The van der Waals surface area contributed by atoms with E-state index in [1.807, 2.05) is 29.6 Å². The molecule has 1 atom stereocenters. The number of carbonyl (C=O) groups excluding carboxylic acids is 2. The van der Waals surface area contributed by atoms with E-state index in [1.165, 1.54) is 18.3 Å². The number of carbonyl (C=O) groups is 2. The molecular formula is C13H13NO2S. The van der Waals surface area contributed by atoms with Crippen molar-refractivity contribution in [2.45, 2.75) is 19.9 Å². The topological polar surface area (TPSA) is 46.2 Å². The molecular weight excluding hydrogens is 234 g/mol. The van der Waals surface area contributed by atoms with Crippen LogP contribution in [0.2, 0.25) is 0 Å². The van der Waals surface area contributed by atoms with Gasteiger partial charge in [0.05, 0.1) is 11.6 Å². The zero-order valence-corrected chi connectivity index (χ0v) is 10.5. The molecule has 1 amide bonds. The Morgan fingerprint density at radius 1 is 1.29 bits per heavy atom. The Balaban J connectivity index is 2.28. The average molecular weight is 247 g/mol. The fraction of sp³-hybridized carbons (Fsp3) is 0.231. The molecule has 0 spiro atoms. The number of benzene rings is 1. The largest absolute Gasteiger partial charge is 0.342 e. The van der Waals surface area contributed by atoms with Gasteiger partial charge in [0, 0.05) is 15.5 Å². The normalized spacial score (nSPS) is 12.4.